The highest BCUT2D eigenvalue weighted by molar-refractivity contribution is 5.84. The number of anilines is 1. The lowest BCUT2D eigenvalue weighted by Crippen LogP contribution is -2.50. The Morgan fingerprint density at radius 2 is 2.28 bits per heavy atom. The fourth-order valence-corrected chi connectivity index (χ4v) is 3.78. The van der Waals surface area contributed by atoms with E-state index in [2.05, 4.69) is 5.32 Å². The molecule has 18 heavy (non-hydrogen) atoms. The van der Waals surface area contributed by atoms with E-state index in [1.165, 1.54) is 6.42 Å². The summed E-state index contributed by atoms with van der Waals surface area (Å²) in [6.07, 6.45) is 4.11. The van der Waals surface area contributed by atoms with Gasteiger partial charge in [0, 0.05) is 5.69 Å². The predicted octanol–water partition coefficient (Wildman–Crippen LogP) is 3.05. The molecule has 1 aromatic carbocycles. The van der Waals surface area contributed by atoms with Crippen LogP contribution in [0.2, 0.25) is 0 Å². The van der Waals surface area contributed by atoms with E-state index in [1.807, 2.05) is 31.2 Å². The summed E-state index contributed by atoms with van der Waals surface area (Å²) in [5.41, 5.74) is 1.37. The molecule has 2 N–H and O–H groups in total. The van der Waals surface area contributed by atoms with Gasteiger partial charge >= 0.3 is 5.97 Å². The highest BCUT2D eigenvalue weighted by atomic mass is 16.4. The van der Waals surface area contributed by atoms with Gasteiger partial charge in [0.15, 0.2) is 0 Å². The van der Waals surface area contributed by atoms with Crippen LogP contribution in [0.4, 0.5) is 5.69 Å². The molecule has 2 aliphatic carbocycles. The molecule has 3 heteroatoms. The largest absolute Gasteiger partial charge is 0.479 e. The number of aliphatic carboxylic acids is 1. The van der Waals surface area contributed by atoms with E-state index in [-0.39, 0.29) is 0 Å². The van der Waals surface area contributed by atoms with Crippen molar-refractivity contribution < 1.29 is 9.90 Å². The maximum absolute atomic E-state index is 11.7. The summed E-state index contributed by atoms with van der Waals surface area (Å²) in [6.45, 7) is 2.03. The van der Waals surface area contributed by atoms with Crippen molar-refractivity contribution in [3.05, 3.63) is 29.8 Å². The molecule has 3 nitrogen and oxygen atoms in total. The van der Waals surface area contributed by atoms with Crippen LogP contribution in [0.3, 0.4) is 0 Å². The smallest absolute Gasteiger partial charge is 0.329 e. The summed E-state index contributed by atoms with van der Waals surface area (Å²) in [6, 6.07) is 7.99. The number of fused-ring (bicyclic) bond motifs is 2. The molecule has 0 aliphatic heterocycles. The van der Waals surface area contributed by atoms with Gasteiger partial charge in [0.05, 0.1) is 0 Å². The minimum absolute atomic E-state index is 0.292. The van der Waals surface area contributed by atoms with Gasteiger partial charge in [-0.2, -0.15) is 0 Å². The molecule has 0 spiro atoms. The third-order valence-corrected chi connectivity index (χ3v) is 4.62. The number of hydrogen-bond acceptors (Lipinski definition) is 2. The first-order chi connectivity index (χ1) is 8.60. The van der Waals surface area contributed by atoms with Gasteiger partial charge in [-0.1, -0.05) is 12.1 Å². The molecule has 0 saturated heterocycles. The van der Waals surface area contributed by atoms with Crippen molar-refractivity contribution in [2.45, 2.75) is 38.1 Å². The first-order valence-corrected chi connectivity index (χ1v) is 6.68. The van der Waals surface area contributed by atoms with Crippen LogP contribution in [-0.2, 0) is 4.79 Å². The summed E-state index contributed by atoms with van der Waals surface area (Å²) in [4.78, 5) is 11.7. The van der Waals surface area contributed by atoms with Gasteiger partial charge in [-0.15, -0.1) is 0 Å². The Hall–Kier alpha value is -1.51. The number of rotatable bonds is 3. The van der Waals surface area contributed by atoms with Crippen LogP contribution >= 0.6 is 0 Å². The van der Waals surface area contributed by atoms with E-state index in [0.29, 0.717) is 11.8 Å². The summed E-state index contributed by atoms with van der Waals surface area (Å²) in [5.74, 6) is 0.208. The van der Waals surface area contributed by atoms with E-state index >= 15 is 0 Å². The molecule has 2 aliphatic rings. The SMILES string of the molecule is Cc1cccc(NC2(C(=O)O)CC3CCC2C3)c1. The van der Waals surface area contributed by atoms with Gasteiger partial charge < -0.3 is 10.4 Å². The van der Waals surface area contributed by atoms with Crippen molar-refractivity contribution in [3.8, 4) is 0 Å². The molecule has 3 rings (SSSR count). The molecule has 3 atom stereocenters. The Balaban J connectivity index is 1.90. The summed E-state index contributed by atoms with van der Waals surface area (Å²) >= 11 is 0. The van der Waals surface area contributed by atoms with Gasteiger partial charge in [0.2, 0.25) is 0 Å². The highest BCUT2D eigenvalue weighted by Gasteiger charge is 2.56. The van der Waals surface area contributed by atoms with Gasteiger partial charge in [-0.05, 0) is 62.1 Å². The van der Waals surface area contributed by atoms with E-state index in [9.17, 15) is 9.90 Å². The summed E-state index contributed by atoms with van der Waals surface area (Å²) in [7, 11) is 0. The number of hydrogen-bond donors (Lipinski definition) is 2. The molecule has 0 heterocycles. The van der Waals surface area contributed by atoms with E-state index in [1.54, 1.807) is 0 Å². The first-order valence-electron chi connectivity index (χ1n) is 6.68. The predicted molar refractivity (Wildman–Crippen MR) is 70.6 cm³/mol. The molecular formula is C15H19NO2. The Labute approximate surface area is 107 Å². The zero-order valence-electron chi connectivity index (χ0n) is 10.6. The molecule has 3 unspecified atom stereocenters. The maximum atomic E-state index is 11.7. The average Bonchev–Trinajstić information content (AvgIpc) is 2.89. The highest BCUT2D eigenvalue weighted by Crippen LogP contribution is 2.52. The minimum Gasteiger partial charge on any atom is -0.479 e. The van der Waals surface area contributed by atoms with Crippen LogP contribution in [0.1, 0.15) is 31.2 Å². The number of carboxylic acids is 1. The van der Waals surface area contributed by atoms with Gasteiger partial charge in [-0.25, -0.2) is 4.79 Å². The molecule has 0 aromatic heterocycles. The lowest BCUT2D eigenvalue weighted by Gasteiger charge is -2.35. The molecule has 2 bridgehead atoms. The molecule has 2 saturated carbocycles. The van der Waals surface area contributed by atoms with E-state index < -0.39 is 11.5 Å². The monoisotopic (exact) mass is 245 g/mol. The summed E-state index contributed by atoms with van der Waals surface area (Å²) in [5, 5.41) is 13.0. The normalized spacial score (nSPS) is 33.6. The standard InChI is InChI=1S/C15H19NO2/c1-10-3-2-4-13(7-10)16-15(14(17)18)9-11-5-6-12(15)8-11/h2-4,7,11-12,16H,5-6,8-9H2,1H3,(H,17,18). The number of carbonyl (C=O) groups is 1. The molecule has 0 amide bonds. The Bertz CT molecular complexity index is 485. The maximum Gasteiger partial charge on any atom is 0.329 e. The van der Waals surface area contributed by atoms with Crippen molar-refractivity contribution in [1.29, 1.82) is 0 Å². The van der Waals surface area contributed by atoms with E-state index in [0.717, 1.165) is 30.5 Å². The van der Waals surface area contributed by atoms with Crippen molar-refractivity contribution >= 4 is 11.7 Å². The number of nitrogens with one attached hydrogen (secondary N) is 1. The lowest BCUT2D eigenvalue weighted by molar-refractivity contribution is -0.144. The minimum atomic E-state index is -0.725. The van der Waals surface area contributed by atoms with Crippen molar-refractivity contribution in [2.75, 3.05) is 5.32 Å². The summed E-state index contributed by atoms with van der Waals surface area (Å²) < 4.78 is 0. The number of benzene rings is 1. The fourth-order valence-electron chi connectivity index (χ4n) is 3.78. The fraction of sp³-hybridized carbons (Fsp3) is 0.533. The molecule has 96 valence electrons. The Morgan fingerprint density at radius 3 is 2.83 bits per heavy atom. The topological polar surface area (TPSA) is 49.3 Å². The Kier molecular flexibility index (Phi) is 2.58. The third-order valence-electron chi connectivity index (χ3n) is 4.62. The molecule has 2 fully saturated rings. The van der Waals surface area contributed by atoms with Crippen LogP contribution in [0.5, 0.6) is 0 Å². The van der Waals surface area contributed by atoms with Crippen LogP contribution in [-0.4, -0.2) is 16.6 Å². The first kappa shape index (κ1) is 11.6. The molecule has 0 radical (unpaired) electrons. The second-order valence-electron chi connectivity index (χ2n) is 5.85. The molecular weight excluding hydrogens is 226 g/mol. The average molecular weight is 245 g/mol. The third kappa shape index (κ3) is 1.69. The lowest BCUT2D eigenvalue weighted by atomic mass is 9.80. The van der Waals surface area contributed by atoms with Gasteiger partial charge in [0.25, 0.3) is 0 Å². The van der Waals surface area contributed by atoms with Crippen molar-refractivity contribution in [2.24, 2.45) is 11.8 Å². The van der Waals surface area contributed by atoms with Crippen LogP contribution < -0.4 is 5.32 Å². The Morgan fingerprint density at radius 1 is 1.44 bits per heavy atom. The molecule has 1 aromatic rings. The van der Waals surface area contributed by atoms with Crippen LogP contribution in [0, 0.1) is 18.8 Å². The van der Waals surface area contributed by atoms with Crippen LogP contribution in [0.25, 0.3) is 0 Å². The van der Waals surface area contributed by atoms with E-state index in [4.69, 9.17) is 0 Å². The van der Waals surface area contributed by atoms with Gasteiger partial charge in [-0.3, -0.25) is 0 Å². The second kappa shape index (κ2) is 4.01. The zero-order chi connectivity index (χ0) is 12.8. The quantitative estimate of drug-likeness (QED) is 0.860. The number of aryl methyl sites for hydroxylation is 1. The second-order valence-corrected chi connectivity index (χ2v) is 5.85. The zero-order valence-corrected chi connectivity index (χ0v) is 10.6. The van der Waals surface area contributed by atoms with Crippen molar-refractivity contribution in [3.63, 3.8) is 0 Å². The number of carboxylic acid groups (broad SMARTS) is 1. The van der Waals surface area contributed by atoms with Crippen LogP contribution in [0.15, 0.2) is 24.3 Å². The van der Waals surface area contributed by atoms with Crippen molar-refractivity contribution in [1.82, 2.24) is 0 Å². The van der Waals surface area contributed by atoms with Gasteiger partial charge in [0.1, 0.15) is 5.54 Å².